The van der Waals surface area contributed by atoms with Crippen molar-refractivity contribution in [2.24, 2.45) is 0 Å². The first kappa shape index (κ1) is 13.6. The molecule has 6 nitrogen and oxygen atoms in total. The molecule has 6 heteroatoms. The quantitative estimate of drug-likeness (QED) is 0.902. The summed E-state index contributed by atoms with van der Waals surface area (Å²) in [5.74, 6) is 0.773. The molecular weight excluding hydrogens is 266 g/mol. The number of amides is 1. The molecule has 0 aromatic carbocycles. The van der Waals surface area contributed by atoms with Gasteiger partial charge in [-0.2, -0.15) is 9.78 Å². The van der Waals surface area contributed by atoms with Gasteiger partial charge in [-0.1, -0.05) is 25.3 Å². The largest absolute Gasteiger partial charge is 0.383 e. The van der Waals surface area contributed by atoms with Gasteiger partial charge in [0.2, 0.25) is 0 Å². The zero-order valence-electron chi connectivity index (χ0n) is 11.8. The van der Waals surface area contributed by atoms with Crippen molar-refractivity contribution in [2.75, 3.05) is 5.73 Å². The number of hydrogen-bond donors (Lipinski definition) is 2. The molecule has 0 atom stereocenters. The van der Waals surface area contributed by atoms with Crippen molar-refractivity contribution in [3.05, 3.63) is 36.2 Å². The molecule has 2 aromatic rings. The topological polar surface area (TPSA) is 85.8 Å². The van der Waals surface area contributed by atoms with Gasteiger partial charge >= 0.3 is 0 Å². The Labute approximate surface area is 123 Å². The second-order valence-corrected chi connectivity index (χ2v) is 5.35. The van der Waals surface area contributed by atoms with Gasteiger partial charge in [0, 0.05) is 12.2 Å². The second kappa shape index (κ2) is 5.95. The molecule has 3 rings (SSSR count). The lowest BCUT2D eigenvalue weighted by molar-refractivity contribution is 0.0928. The van der Waals surface area contributed by atoms with E-state index in [-0.39, 0.29) is 11.9 Å². The zero-order valence-corrected chi connectivity index (χ0v) is 11.8. The van der Waals surface area contributed by atoms with E-state index >= 15 is 0 Å². The van der Waals surface area contributed by atoms with Gasteiger partial charge in [-0.05, 0) is 25.0 Å². The molecule has 3 N–H and O–H groups in total. The minimum Gasteiger partial charge on any atom is -0.383 e. The van der Waals surface area contributed by atoms with E-state index in [9.17, 15) is 4.79 Å². The third kappa shape index (κ3) is 2.89. The molecular formula is C15H19N5O. The van der Waals surface area contributed by atoms with E-state index < -0.39 is 0 Å². The van der Waals surface area contributed by atoms with Gasteiger partial charge in [0.05, 0.1) is 6.20 Å². The molecule has 0 saturated heterocycles. The van der Waals surface area contributed by atoms with Crippen LogP contribution >= 0.6 is 0 Å². The maximum absolute atomic E-state index is 12.3. The molecule has 1 aliphatic rings. The number of hydrogen-bond acceptors (Lipinski definition) is 4. The Morgan fingerprint density at radius 3 is 2.81 bits per heavy atom. The van der Waals surface area contributed by atoms with Gasteiger partial charge in [-0.25, -0.2) is 4.98 Å². The minimum atomic E-state index is -0.151. The number of nitrogens with one attached hydrogen (secondary N) is 1. The fourth-order valence-corrected chi connectivity index (χ4v) is 2.70. The van der Waals surface area contributed by atoms with Crippen LogP contribution in [0.1, 0.15) is 42.5 Å². The molecule has 2 heterocycles. The Morgan fingerprint density at radius 1 is 1.29 bits per heavy atom. The lowest BCUT2D eigenvalue weighted by Crippen LogP contribution is -2.36. The van der Waals surface area contributed by atoms with E-state index in [0.29, 0.717) is 17.2 Å². The van der Waals surface area contributed by atoms with Crippen LogP contribution < -0.4 is 11.1 Å². The summed E-state index contributed by atoms with van der Waals surface area (Å²) in [5.41, 5.74) is 6.45. The maximum atomic E-state index is 12.3. The van der Waals surface area contributed by atoms with Crippen molar-refractivity contribution < 1.29 is 4.79 Å². The SMILES string of the molecule is Nc1c(C(=O)NC2CCCCC2)cnn1-c1ccccn1. The lowest BCUT2D eigenvalue weighted by Gasteiger charge is -2.22. The summed E-state index contributed by atoms with van der Waals surface area (Å²) < 4.78 is 1.48. The first-order valence-electron chi connectivity index (χ1n) is 7.31. The van der Waals surface area contributed by atoms with Crippen molar-refractivity contribution in [1.82, 2.24) is 20.1 Å². The molecule has 0 aliphatic heterocycles. The Morgan fingerprint density at radius 2 is 2.10 bits per heavy atom. The molecule has 110 valence electrons. The summed E-state index contributed by atoms with van der Waals surface area (Å²) in [6.45, 7) is 0. The van der Waals surface area contributed by atoms with E-state index in [1.54, 1.807) is 12.3 Å². The van der Waals surface area contributed by atoms with Crippen LogP contribution in [0.3, 0.4) is 0 Å². The Balaban J connectivity index is 1.77. The molecule has 1 aliphatic carbocycles. The average molecular weight is 285 g/mol. The Hall–Kier alpha value is -2.37. The van der Waals surface area contributed by atoms with Crippen LogP contribution in [0.4, 0.5) is 5.82 Å². The number of pyridine rings is 1. The lowest BCUT2D eigenvalue weighted by atomic mass is 9.95. The molecule has 21 heavy (non-hydrogen) atoms. The van der Waals surface area contributed by atoms with E-state index in [1.165, 1.54) is 30.1 Å². The van der Waals surface area contributed by atoms with Crippen molar-refractivity contribution in [1.29, 1.82) is 0 Å². The molecule has 2 aromatic heterocycles. The zero-order chi connectivity index (χ0) is 14.7. The molecule has 0 radical (unpaired) electrons. The van der Waals surface area contributed by atoms with Crippen LogP contribution in [-0.4, -0.2) is 26.7 Å². The van der Waals surface area contributed by atoms with Crippen LogP contribution in [0.15, 0.2) is 30.6 Å². The summed E-state index contributed by atoms with van der Waals surface area (Å²) in [5, 5.41) is 7.22. The minimum absolute atomic E-state index is 0.151. The molecule has 0 unspecified atom stereocenters. The second-order valence-electron chi connectivity index (χ2n) is 5.35. The van der Waals surface area contributed by atoms with Gasteiger partial charge in [0.1, 0.15) is 11.4 Å². The fraction of sp³-hybridized carbons (Fsp3) is 0.400. The van der Waals surface area contributed by atoms with Crippen LogP contribution in [0.2, 0.25) is 0 Å². The summed E-state index contributed by atoms with van der Waals surface area (Å²) >= 11 is 0. The molecule has 0 bridgehead atoms. The number of nitrogens with two attached hydrogens (primary N) is 1. The number of carbonyl (C=O) groups is 1. The number of carbonyl (C=O) groups excluding carboxylic acids is 1. The number of aromatic nitrogens is 3. The summed E-state index contributed by atoms with van der Waals surface area (Å²) in [7, 11) is 0. The number of nitrogen functional groups attached to an aromatic ring is 1. The van der Waals surface area contributed by atoms with Gasteiger partial charge in [-0.3, -0.25) is 4.79 Å². The van der Waals surface area contributed by atoms with Crippen molar-refractivity contribution in [2.45, 2.75) is 38.1 Å². The molecule has 1 amide bonds. The van der Waals surface area contributed by atoms with Crippen molar-refractivity contribution in [3.63, 3.8) is 0 Å². The highest BCUT2D eigenvalue weighted by Crippen LogP contribution is 2.19. The van der Waals surface area contributed by atoms with E-state index in [0.717, 1.165) is 12.8 Å². The average Bonchev–Trinajstić information content (AvgIpc) is 2.91. The van der Waals surface area contributed by atoms with Gasteiger partial charge < -0.3 is 11.1 Å². The van der Waals surface area contributed by atoms with Gasteiger partial charge in [-0.15, -0.1) is 0 Å². The molecule has 1 fully saturated rings. The predicted octanol–water partition coefficient (Wildman–Crippen LogP) is 1.91. The Kier molecular flexibility index (Phi) is 3.85. The van der Waals surface area contributed by atoms with E-state index in [2.05, 4.69) is 15.4 Å². The number of nitrogens with zero attached hydrogens (tertiary/aromatic N) is 3. The highest BCUT2D eigenvalue weighted by molar-refractivity contribution is 5.98. The van der Waals surface area contributed by atoms with Crippen molar-refractivity contribution in [3.8, 4) is 5.82 Å². The smallest absolute Gasteiger partial charge is 0.256 e. The standard InChI is InChI=1S/C15H19N5O/c16-14-12(15(21)19-11-6-2-1-3-7-11)10-18-20(14)13-8-4-5-9-17-13/h4-5,8-11H,1-3,6-7,16H2,(H,19,21). The van der Waals surface area contributed by atoms with Crippen LogP contribution in [0, 0.1) is 0 Å². The third-order valence-electron chi connectivity index (χ3n) is 3.86. The first-order chi connectivity index (χ1) is 10.3. The summed E-state index contributed by atoms with van der Waals surface area (Å²) in [6.07, 6.45) is 8.85. The van der Waals surface area contributed by atoms with Crippen LogP contribution in [0.5, 0.6) is 0 Å². The van der Waals surface area contributed by atoms with Crippen LogP contribution in [-0.2, 0) is 0 Å². The van der Waals surface area contributed by atoms with Crippen LogP contribution in [0.25, 0.3) is 5.82 Å². The molecule has 0 spiro atoms. The van der Waals surface area contributed by atoms with Gasteiger partial charge in [0.15, 0.2) is 5.82 Å². The monoisotopic (exact) mass is 285 g/mol. The van der Waals surface area contributed by atoms with Gasteiger partial charge in [0.25, 0.3) is 5.91 Å². The number of anilines is 1. The highest BCUT2D eigenvalue weighted by Gasteiger charge is 2.20. The normalized spacial score (nSPS) is 15.8. The maximum Gasteiger partial charge on any atom is 0.256 e. The predicted molar refractivity (Wildman–Crippen MR) is 80.1 cm³/mol. The Bertz CT molecular complexity index is 616. The highest BCUT2D eigenvalue weighted by atomic mass is 16.1. The van der Waals surface area contributed by atoms with E-state index in [1.807, 2.05) is 12.1 Å². The first-order valence-corrected chi connectivity index (χ1v) is 7.31. The van der Waals surface area contributed by atoms with E-state index in [4.69, 9.17) is 5.73 Å². The van der Waals surface area contributed by atoms with Crippen molar-refractivity contribution >= 4 is 11.7 Å². The fourth-order valence-electron chi connectivity index (χ4n) is 2.70. The molecule has 1 saturated carbocycles. The summed E-state index contributed by atoms with van der Waals surface area (Å²) in [4.78, 5) is 16.5. The third-order valence-corrected chi connectivity index (χ3v) is 3.86. The summed E-state index contributed by atoms with van der Waals surface area (Å²) in [6, 6.07) is 5.72. The number of rotatable bonds is 3.